The van der Waals surface area contributed by atoms with Crippen LogP contribution >= 0.6 is 0 Å². The molecule has 0 aliphatic heterocycles. The highest BCUT2D eigenvalue weighted by Crippen LogP contribution is 2.11. The Morgan fingerprint density at radius 2 is 2.06 bits per heavy atom. The van der Waals surface area contributed by atoms with Crippen LogP contribution in [-0.4, -0.2) is 21.8 Å². The third-order valence-electron chi connectivity index (χ3n) is 2.20. The first kappa shape index (κ1) is 10.8. The molecule has 5 heteroatoms. The van der Waals surface area contributed by atoms with E-state index in [0.717, 1.165) is 5.56 Å². The van der Waals surface area contributed by atoms with Gasteiger partial charge in [-0.15, -0.1) is 0 Å². The Hall–Kier alpha value is -1.72. The van der Waals surface area contributed by atoms with Crippen molar-refractivity contribution < 1.29 is 9.63 Å². The average Bonchev–Trinajstić information content (AvgIpc) is 2.78. The average molecular weight is 219 g/mol. The maximum absolute atomic E-state index is 9.39. The fraction of sp³-hybridized carbons (Fsp3) is 0.273. The molecule has 3 N–H and O–H groups in total. The standard InChI is InChI=1S/C11H13N3O2/c12-7-9(15)11-13-10(14-16-11)6-8-4-2-1-3-5-8/h1-5,9,15H,6-7,12H2. The van der Waals surface area contributed by atoms with Gasteiger partial charge in [0.25, 0.3) is 5.89 Å². The molecule has 5 nitrogen and oxygen atoms in total. The van der Waals surface area contributed by atoms with E-state index in [4.69, 9.17) is 10.3 Å². The van der Waals surface area contributed by atoms with Crippen molar-refractivity contribution in [3.05, 3.63) is 47.6 Å². The Labute approximate surface area is 92.9 Å². The summed E-state index contributed by atoms with van der Waals surface area (Å²) in [5.41, 5.74) is 6.38. The number of hydrogen-bond acceptors (Lipinski definition) is 5. The molecule has 0 aliphatic rings. The van der Waals surface area contributed by atoms with E-state index in [-0.39, 0.29) is 12.4 Å². The van der Waals surface area contributed by atoms with Crippen LogP contribution < -0.4 is 5.73 Å². The zero-order valence-corrected chi connectivity index (χ0v) is 8.71. The summed E-state index contributed by atoms with van der Waals surface area (Å²) in [6.45, 7) is 0.0764. The Kier molecular flexibility index (Phi) is 3.28. The Bertz CT molecular complexity index is 442. The predicted octanol–water partition coefficient (Wildman–Crippen LogP) is 0.652. The van der Waals surface area contributed by atoms with Crippen molar-refractivity contribution in [1.82, 2.24) is 10.1 Å². The summed E-state index contributed by atoms with van der Waals surface area (Å²) >= 11 is 0. The lowest BCUT2D eigenvalue weighted by atomic mass is 10.1. The Morgan fingerprint density at radius 3 is 2.75 bits per heavy atom. The van der Waals surface area contributed by atoms with E-state index in [1.807, 2.05) is 30.3 Å². The van der Waals surface area contributed by atoms with Gasteiger partial charge in [-0.05, 0) is 5.56 Å². The fourth-order valence-corrected chi connectivity index (χ4v) is 1.35. The van der Waals surface area contributed by atoms with Crippen molar-refractivity contribution in [3.63, 3.8) is 0 Å². The summed E-state index contributed by atoms with van der Waals surface area (Å²) in [5.74, 6) is 0.724. The topological polar surface area (TPSA) is 85.2 Å². The summed E-state index contributed by atoms with van der Waals surface area (Å²) in [6, 6.07) is 9.81. The van der Waals surface area contributed by atoms with E-state index >= 15 is 0 Å². The van der Waals surface area contributed by atoms with Gasteiger partial charge in [0.05, 0.1) is 0 Å². The van der Waals surface area contributed by atoms with Gasteiger partial charge in [0, 0.05) is 13.0 Å². The molecular formula is C11H13N3O2. The molecule has 0 saturated heterocycles. The number of nitrogens with two attached hydrogens (primary N) is 1. The predicted molar refractivity (Wildman–Crippen MR) is 57.6 cm³/mol. The Morgan fingerprint density at radius 1 is 1.31 bits per heavy atom. The molecule has 2 aromatic rings. The number of rotatable bonds is 4. The molecule has 16 heavy (non-hydrogen) atoms. The van der Waals surface area contributed by atoms with Crippen LogP contribution in [0.2, 0.25) is 0 Å². The van der Waals surface area contributed by atoms with E-state index in [1.165, 1.54) is 0 Å². The molecule has 1 heterocycles. The number of benzene rings is 1. The Balaban J connectivity index is 2.09. The van der Waals surface area contributed by atoms with Gasteiger partial charge in [0.15, 0.2) is 5.82 Å². The van der Waals surface area contributed by atoms with Gasteiger partial charge < -0.3 is 15.4 Å². The van der Waals surface area contributed by atoms with E-state index in [1.54, 1.807) is 0 Å². The maximum Gasteiger partial charge on any atom is 0.256 e. The van der Waals surface area contributed by atoms with Crippen LogP contribution in [0.15, 0.2) is 34.9 Å². The van der Waals surface area contributed by atoms with Crippen LogP contribution in [-0.2, 0) is 6.42 Å². The molecule has 1 aromatic carbocycles. The largest absolute Gasteiger partial charge is 0.382 e. The van der Waals surface area contributed by atoms with Gasteiger partial charge in [-0.25, -0.2) is 0 Å². The van der Waals surface area contributed by atoms with Crippen molar-refractivity contribution in [1.29, 1.82) is 0 Å². The quantitative estimate of drug-likeness (QED) is 0.788. The highest BCUT2D eigenvalue weighted by molar-refractivity contribution is 5.18. The van der Waals surface area contributed by atoms with Crippen LogP contribution in [0.4, 0.5) is 0 Å². The molecule has 1 aromatic heterocycles. The number of hydrogen-bond donors (Lipinski definition) is 2. The molecule has 0 aliphatic carbocycles. The van der Waals surface area contributed by atoms with Crippen molar-refractivity contribution in [2.45, 2.75) is 12.5 Å². The summed E-state index contributed by atoms with van der Waals surface area (Å²) in [4.78, 5) is 4.07. The fourth-order valence-electron chi connectivity index (χ4n) is 1.35. The lowest BCUT2D eigenvalue weighted by molar-refractivity contribution is 0.141. The smallest absolute Gasteiger partial charge is 0.256 e. The maximum atomic E-state index is 9.39. The minimum atomic E-state index is -0.878. The van der Waals surface area contributed by atoms with Crippen LogP contribution in [0.3, 0.4) is 0 Å². The first-order valence-corrected chi connectivity index (χ1v) is 5.04. The zero-order valence-electron chi connectivity index (χ0n) is 8.71. The zero-order chi connectivity index (χ0) is 11.4. The number of nitrogens with zero attached hydrogens (tertiary/aromatic N) is 2. The van der Waals surface area contributed by atoms with Gasteiger partial charge >= 0.3 is 0 Å². The van der Waals surface area contributed by atoms with Crippen LogP contribution in [0.5, 0.6) is 0 Å². The van der Waals surface area contributed by atoms with Crippen LogP contribution in [0.25, 0.3) is 0 Å². The second kappa shape index (κ2) is 4.87. The number of aliphatic hydroxyl groups is 1. The van der Waals surface area contributed by atoms with Crippen LogP contribution in [0.1, 0.15) is 23.4 Å². The minimum Gasteiger partial charge on any atom is -0.382 e. The van der Waals surface area contributed by atoms with E-state index < -0.39 is 6.10 Å². The van der Waals surface area contributed by atoms with Crippen LogP contribution in [0, 0.1) is 0 Å². The molecule has 84 valence electrons. The molecule has 0 fully saturated rings. The normalized spacial score (nSPS) is 12.6. The summed E-state index contributed by atoms with van der Waals surface area (Å²) < 4.78 is 4.90. The first-order chi connectivity index (χ1) is 7.79. The van der Waals surface area contributed by atoms with Gasteiger partial charge in [-0.1, -0.05) is 35.5 Å². The van der Waals surface area contributed by atoms with E-state index in [2.05, 4.69) is 10.1 Å². The summed E-state index contributed by atoms with van der Waals surface area (Å²) in [7, 11) is 0. The van der Waals surface area contributed by atoms with Crippen molar-refractivity contribution in [2.24, 2.45) is 5.73 Å². The third kappa shape index (κ3) is 2.44. The highest BCUT2D eigenvalue weighted by atomic mass is 16.5. The number of aromatic nitrogens is 2. The molecular weight excluding hydrogens is 206 g/mol. The van der Waals surface area contributed by atoms with Crippen molar-refractivity contribution in [2.75, 3.05) is 6.54 Å². The third-order valence-corrected chi connectivity index (χ3v) is 2.20. The molecule has 2 rings (SSSR count). The summed E-state index contributed by atoms with van der Waals surface area (Å²) in [5, 5.41) is 13.2. The number of aliphatic hydroxyl groups excluding tert-OH is 1. The molecule has 0 saturated carbocycles. The molecule has 0 amide bonds. The molecule has 0 radical (unpaired) electrons. The highest BCUT2D eigenvalue weighted by Gasteiger charge is 2.14. The SMILES string of the molecule is NCC(O)c1nc(Cc2ccccc2)no1. The van der Waals surface area contributed by atoms with Gasteiger partial charge in [-0.2, -0.15) is 4.98 Å². The van der Waals surface area contributed by atoms with E-state index in [0.29, 0.717) is 12.2 Å². The summed E-state index contributed by atoms with van der Waals surface area (Å²) in [6.07, 6.45) is -0.293. The van der Waals surface area contributed by atoms with Gasteiger partial charge in [0.1, 0.15) is 6.10 Å². The first-order valence-electron chi connectivity index (χ1n) is 5.04. The van der Waals surface area contributed by atoms with Gasteiger partial charge in [-0.3, -0.25) is 0 Å². The second-order valence-electron chi connectivity index (χ2n) is 3.46. The second-order valence-corrected chi connectivity index (χ2v) is 3.46. The van der Waals surface area contributed by atoms with Crippen molar-refractivity contribution >= 4 is 0 Å². The molecule has 0 bridgehead atoms. The lowest BCUT2D eigenvalue weighted by Crippen LogP contribution is -2.11. The van der Waals surface area contributed by atoms with E-state index in [9.17, 15) is 5.11 Å². The monoisotopic (exact) mass is 219 g/mol. The minimum absolute atomic E-state index is 0.0764. The molecule has 1 unspecified atom stereocenters. The molecule has 1 atom stereocenters. The molecule has 0 spiro atoms. The van der Waals surface area contributed by atoms with Gasteiger partial charge in [0.2, 0.25) is 0 Å². The van der Waals surface area contributed by atoms with Crippen molar-refractivity contribution in [3.8, 4) is 0 Å². The lowest BCUT2D eigenvalue weighted by Gasteiger charge is -1.98.